The molecule has 25 aromatic rings. The molecule has 0 saturated carbocycles. The van der Waals surface area contributed by atoms with E-state index in [1.807, 2.05) is 41.1 Å². The summed E-state index contributed by atoms with van der Waals surface area (Å²) >= 11 is 7.29. The van der Waals surface area contributed by atoms with Crippen LogP contribution >= 0.6 is 45.3 Å². The van der Waals surface area contributed by atoms with Crippen molar-refractivity contribution >= 4 is 213 Å². The molecule has 9 heterocycles. The lowest BCUT2D eigenvalue weighted by Crippen LogP contribution is -2.15. The van der Waals surface area contributed by atoms with Crippen LogP contribution < -0.4 is 0 Å². The molecule has 115 heavy (non-hydrogen) atoms. The molecule has 0 fully saturated rings. The maximum absolute atomic E-state index is 5.84. The van der Waals surface area contributed by atoms with Crippen LogP contribution in [-0.2, 0) is 5.41 Å². The van der Waals surface area contributed by atoms with Crippen molar-refractivity contribution in [1.82, 2.24) is 34.1 Å². The number of pyridine rings is 1. The molecule has 0 saturated heterocycles. The van der Waals surface area contributed by atoms with Crippen LogP contribution in [0, 0.1) is 0 Å². The van der Waals surface area contributed by atoms with E-state index in [1.165, 1.54) is 153 Å². The van der Waals surface area contributed by atoms with Gasteiger partial charge in [-0.15, -0.1) is 45.3 Å². The number of nitrogens with zero attached hydrogens (tertiary/aromatic N) is 7. The largest absolute Gasteiger partial charge is 0.277 e. The monoisotopic (exact) mass is 1540 g/mol. The molecule has 0 spiro atoms. The molecule has 0 aliphatic heterocycles. The van der Waals surface area contributed by atoms with Crippen LogP contribution in [0.5, 0.6) is 0 Å². The SMILES string of the molecule is CC1(C)c2ccccc2-c2ccc(-c3nc(-n4c5cc(-c6cccnc6)ccc5c5c6ccccc6c6sc7ccccc7c6c54)nc4sc5c6ccccc6ccc5c34)cc21.c1ccc(-c2cccc(-c3nc(-n4c5ccccc5c5c6ccccc6c6sc7ccccc7c6c54)nc4sc5c6ccccc6ccc5c34)c2)cc1. The predicted octanol–water partition coefficient (Wildman–Crippen LogP) is 29.6. The number of fused-ring (bicyclic) bond motifs is 33. The van der Waals surface area contributed by atoms with E-state index < -0.39 is 0 Å². The Hall–Kier alpha value is -13.7. The van der Waals surface area contributed by atoms with Gasteiger partial charge in [0, 0.05) is 138 Å². The van der Waals surface area contributed by atoms with Crippen LogP contribution in [0.25, 0.3) is 235 Å². The van der Waals surface area contributed by atoms with Crippen LogP contribution in [-0.4, -0.2) is 34.1 Å². The summed E-state index contributed by atoms with van der Waals surface area (Å²) in [4.78, 5) is 29.2. The fourth-order valence-corrected chi connectivity index (χ4v) is 24.0. The third kappa shape index (κ3) is 9.46. The number of benzene rings is 16. The summed E-state index contributed by atoms with van der Waals surface area (Å²) in [5.74, 6) is 1.35. The van der Waals surface area contributed by atoms with Gasteiger partial charge in [-0.25, -0.2) is 19.9 Å². The van der Waals surface area contributed by atoms with E-state index >= 15 is 0 Å². The van der Waals surface area contributed by atoms with E-state index in [9.17, 15) is 0 Å². The quantitative estimate of drug-likeness (QED) is 0.166. The first kappa shape index (κ1) is 65.0. The zero-order valence-electron chi connectivity index (χ0n) is 62.0. The number of hydrogen-bond acceptors (Lipinski definition) is 9. The second-order valence-electron chi connectivity index (χ2n) is 30.8. The maximum Gasteiger partial charge on any atom is 0.236 e. The minimum Gasteiger partial charge on any atom is -0.277 e. The fraction of sp³-hybridized carbons (Fsp3) is 0.0288. The van der Waals surface area contributed by atoms with Gasteiger partial charge in [-0.1, -0.05) is 293 Å². The van der Waals surface area contributed by atoms with Crippen LogP contribution in [0.15, 0.2) is 334 Å². The molecule has 0 atom stereocenters. The third-order valence-electron chi connectivity index (χ3n) is 24.3. The molecular formula is C104H61N7S4. The number of rotatable bonds is 6. The molecule has 16 aromatic carbocycles. The molecular weight excluding hydrogens is 1480 g/mol. The summed E-state index contributed by atoms with van der Waals surface area (Å²) in [6.45, 7) is 4.71. The smallest absolute Gasteiger partial charge is 0.236 e. The van der Waals surface area contributed by atoms with Gasteiger partial charge in [0.05, 0.1) is 33.5 Å². The Morgan fingerprint density at radius 2 is 0.730 bits per heavy atom. The van der Waals surface area contributed by atoms with Crippen molar-refractivity contribution in [2.24, 2.45) is 0 Å². The Balaban J connectivity index is 0.000000131. The van der Waals surface area contributed by atoms with Crippen molar-refractivity contribution in [2.45, 2.75) is 19.3 Å². The van der Waals surface area contributed by atoms with E-state index in [4.69, 9.17) is 19.9 Å². The van der Waals surface area contributed by atoms with Gasteiger partial charge in [-0.3, -0.25) is 14.1 Å². The Kier molecular flexibility index (Phi) is 13.9. The topological polar surface area (TPSA) is 74.3 Å². The molecule has 0 radical (unpaired) electrons. The first-order chi connectivity index (χ1) is 56.8. The van der Waals surface area contributed by atoms with E-state index in [-0.39, 0.29) is 5.41 Å². The van der Waals surface area contributed by atoms with Gasteiger partial charge < -0.3 is 0 Å². The minimum absolute atomic E-state index is 0.161. The van der Waals surface area contributed by atoms with Gasteiger partial charge in [0.25, 0.3) is 0 Å². The van der Waals surface area contributed by atoms with Crippen molar-refractivity contribution in [3.05, 3.63) is 345 Å². The molecule has 0 amide bonds. The molecule has 536 valence electrons. The van der Waals surface area contributed by atoms with Crippen LogP contribution in [0.4, 0.5) is 0 Å². The van der Waals surface area contributed by atoms with Gasteiger partial charge in [0.2, 0.25) is 11.9 Å². The number of hydrogen-bond donors (Lipinski definition) is 0. The second kappa shape index (κ2) is 24.7. The summed E-state index contributed by atoms with van der Waals surface area (Å²) in [6.07, 6.45) is 3.78. The maximum atomic E-state index is 5.84. The highest BCUT2D eigenvalue weighted by Crippen LogP contribution is 2.55. The van der Waals surface area contributed by atoms with Gasteiger partial charge >= 0.3 is 0 Å². The minimum atomic E-state index is -0.161. The summed E-state index contributed by atoms with van der Waals surface area (Å²) in [5, 5.41) is 24.4. The Morgan fingerprint density at radius 3 is 1.35 bits per heavy atom. The fourth-order valence-electron chi connectivity index (χ4n) is 19.1. The van der Waals surface area contributed by atoms with Gasteiger partial charge in [0.1, 0.15) is 9.66 Å². The molecule has 26 rings (SSSR count). The standard InChI is InChI=1S/C56H34N4S2.C48H27N3S2/c1-56(2)43-19-9-7-15-36(43)37-24-23-33(28-44(37)56)50-48-42-26-21-31-12-3-4-14-35(31)52(42)62-54(48)59-55(58-50)60-45-29-32(34-13-11-27-57-30-34)22-25-40(45)47-38-16-5-6-17-39(38)53-49(51(47)60)41-18-8-10-20-46(41)61-53;1-2-13-28(14-3-1)30-16-12-17-31(27-30)43-41-37-26-25-29-15-4-5-18-32(29)45(37)53-47(41)50-48(49-43)51-38-23-10-8-21-35(38)40-33-19-6-7-20-34(33)46-42(44(40)51)36-22-9-11-24-39(36)52-46/h3-30H,1-2H3;1-27H. The van der Waals surface area contributed by atoms with Crippen molar-refractivity contribution in [1.29, 1.82) is 0 Å². The molecule has 7 nitrogen and oxygen atoms in total. The molecule has 0 N–H and O–H groups in total. The Labute approximate surface area is 673 Å². The lowest BCUT2D eigenvalue weighted by atomic mass is 9.82. The lowest BCUT2D eigenvalue weighted by molar-refractivity contribution is 0.660. The summed E-state index contributed by atoms with van der Waals surface area (Å²) in [5.41, 5.74) is 18.2. The number of aromatic nitrogens is 7. The van der Waals surface area contributed by atoms with Gasteiger partial charge in [-0.2, -0.15) is 0 Å². The Bertz CT molecular complexity index is 8530. The molecule has 11 heteroatoms. The molecule has 9 aromatic heterocycles. The average Bonchev–Trinajstić information content (AvgIpc) is 1.54. The highest BCUT2D eigenvalue weighted by atomic mass is 32.1. The van der Waals surface area contributed by atoms with E-state index in [2.05, 4.69) is 343 Å². The van der Waals surface area contributed by atoms with Crippen molar-refractivity contribution in [2.75, 3.05) is 0 Å². The zero-order valence-corrected chi connectivity index (χ0v) is 65.3. The van der Waals surface area contributed by atoms with Crippen molar-refractivity contribution in [3.8, 4) is 67.8 Å². The molecule has 0 bridgehead atoms. The summed E-state index contributed by atoms with van der Waals surface area (Å²) < 4.78 is 12.3. The summed E-state index contributed by atoms with van der Waals surface area (Å²) in [6, 6.07) is 117. The van der Waals surface area contributed by atoms with Crippen LogP contribution in [0.1, 0.15) is 25.0 Å². The molecule has 0 unspecified atom stereocenters. The van der Waals surface area contributed by atoms with Crippen LogP contribution in [0.2, 0.25) is 0 Å². The third-order valence-corrected chi connectivity index (χ3v) is 29.0. The molecule has 1 aliphatic rings. The normalized spacial score (nSPS) is 12.9. The Morgan fingerprint density at radius 1 is 0.270 bits per heavy atom. The summed E-state index contributed by atoms with van der Waals surface area (Å²) in [7, 11) is 0. The highest BCUT2D eigenvalue weighted by molar-refractivity contribution is 7.28. The number of thiophene rings is 4. The van der Waals surface area contributed by atoms with Crippen molar-refractivity contribution in [3.63, 3.8) is 0 Å². The van der Waals surface area contributed by atoms with E-state index in [1.54, 1.807) is 22.7 Å². The van der Waals surface area contributed by atoms with E-state index in [0.29, 0.717) is 11.9 Å². The molecule has 1 aliphatic carbocycles. The van der Waals surface area contributed by atoms with Gasteiger partial charge in [0.15, 0.2) is 0 Å². The first-order valence-electron chi connectivity index (χ1n) is 38.9. The average molecular weight is 1540 g/mol. The van der Waals surface area contributed by atoms with Crippen molar-refractivity contribution < 1.29 is 0 Å². The predicted molar refractivity (Wildman–Crippen MR) is 491 cm³/mol. The van der Waals surface area contributed by atoms with E-state index in [0.717, 1.165) is 81.7 Å². The number of para-hydroxylation sites is 1. The second-order valence-corrected chi connectivity index (χ2v) is 34.9. The lowest BCUT2D eigenvalue weighted by Gasteiger charge is -2.22. The first-order valence-corrected chi connectivity index (χ1v) is 42.2. The highest BCUT2D eigenvalue weighted by Gasteiger charge is 2.36. The van der Waals surface area contributed by atoms with Gasteiger partial charge in [-0.05, 0) is 114 Å². The van der Waals surface area contributed by atoms with Crippen LogP contribution in [0.3, 0.4) is 0 Å². The zero-order chi connectivity index (χ0) is 75.5.